The minimum Gasteiger partial charge on any atom is -0.361 e. The molecule has 1 saturated carbocycles. The lowest BCUT2D eigenvalue weighted by atomic mass is 9.81. The number of carbonyl (C=O) groups is 1. The van der Waals surface area contributed by atoms with Crippen molar-refractivity contribution in [3.63, 3.8) is 0 Å². The summed E-state index contributed by atoms with van der Waals surface area (Å²) in [5.41, 5.74) is 1.41. The van der Waals surface area contributed by atoms with Gasteiger partial charge >= 0.3 is 0 Å². The van der Waals surface area contributed by atoms with E-state index in [0.717, 1.165) is 55.1 Å². The molecule has 7 nitrogen and oxygen atoms in total. The number of hydrogen-bond donors (Lipinski definition) is 0. The molecule has 1 aliphatic carbocycles. The van der Waals surface area contributed by atoms with E-state index in [-0.39, 0.29) is 11.3 Å². The summed E-state index contributed by atoms with van der Waals surface area (Å²) < 4.78 is 10.7. The third-order valence-corrected chi connectivity index (χ3v) is 5.46. The first kappa shape index (κ1) is 16.3. The molecule has 4 rings (SSSR count). The van der Waals surface area contributed by atoms with Gasteiger partial charge in [-0.05, 0) is 46.5 Å². The molecule has 0 bridgehead atoms. The maximum Gasteiger partial charge on any atom is 0.234 e. The first-order valence-corrected chi connectivity index (χ1v) is 9.00. The second-order valence-corrected chi connectivity index (χ2v) is 7.69. The summed E-state index contributed by atoms with van der Waals surface area (Å²) in [5, 5.41) is 8.08. The lowest BCUT2D eigenvalue weighted by Crippen LogP contribution is -2.47. The predicted octanol–water partition coefficient (Wildman–Crippen LogP) is 2.67. The van der Waals surface area contributed by atoms with Gasteiger partial charge in [0.15, 0.2) is 5.82 Å². The van der Waals surface area contributed by atoms with Crippen LogP contribution in [-0.2, 0) is 16.6 Å². The number of rotatable bonds is 4. The van der Waals surface area contributed by atoms with Crippen molar-refractivity contribution in [1.82, 2.24) is 20.2 Å². The van der Waals surface area contributed by atoms with Crippen LogP contribution in [0.3, 0.4) is 0 Å². The molecule has 2 fully saturated rings. The van der Waals surface area contributed by atoms with Gasteiger partial charge in [-0.25, -0.2) is 0 Å². The van der Waals surface area contributed by atoms with E-state index in [1.54, 1.807) is 0 Å². The van der Waals surface area contributed by atoms with Crippen LogP contribution in [0.15, 0.2) is 9.05 Å². The van der Waals surface area contributed by atoms with Crippen molar-refractivity contribution in [2.75, 3.05) is 13.1 Å². The molecule has 3 heterocycles. The quantitative estimate of drug-likeness (QED) is 0.848. The van der Waals surface area contributed by atoms with Crippen molar-refractivity contribution in [1.29, 1.82) is 0 Å². The third-order valence-electron chi connectivity index (χ3n) is 5.46. The molecule has 1 amide bonds. The topological polar surface area (TPSA) is 85.3 Å². The molecule has 2 aromatic heterocycles. The van der Waals surface area contributed by atoms with Crippen molar-refractivity contribution in [3.05, 3.63) is 28.7 Å². The molecule has 0 spiro atoms. The Labute approximate surface area is 146 Å². The molecule has 25 heavy (non-hydrogen) atoms. The second-order valence-electron chi connectivity index (χ2n) is 7.69. The van der Waals surface area contributed by atoms with E-state index in [1.165, 1.54) is 0 Å². The van der Waals surface area contributed by atoms with Crippen molar-refractivity contribution in [2.45, 2.75) is 64.2 Å². The first-order valence-electron chi connectivity index (χ1n) is 9.00. The zero-order valence-electron chi connectivity index (χ0n) is 15.0. The normalized spacial score (nSPS) is 23.9. The van der Waals surface area contributed by atoms with E-state index in [0.29, 0.717) is 24.8 Å². The summed E-state index contributed by atoms with van der Waals surface area (Å²) in [5.74, 6) is 2.79. The monoisotopic (exact) mass is 344 g/mol. The van der Waals surface area contributed by atoms with Crippen LogP contribution < -0.4 is 0 Å². The van der Waals surface area contributed by atoms with Crippen LogP contribution in [0.5, 0.6) is 0 Å². The third kappa shape index (κ3) is 3.07. The average Bonchev–Trinajstić information content (AvgIpc) is 3.24. The van der Waals surface area contributed by atoms with E-state index >= 15 is 0 Å². The molecule has 7 heteroatoms. The van der Waals surface area contributed by atoms with Crippen LogP contribution in [0.4, 0.5) is 0 Å². The summed E-state index contributed by atoms with van der Waals surface area (Å²) in [7, 11) is 0. The number of likely N-dealkylation sites (tertiary alicyclic amines) is 1. The van der Waals surface area contributed by atoms with E-state index in [9.17, 15) is 4.79 Å². The van der Waals surface area contributed by atoms with Gasteiger partial charge in [0.1, 0.15) is 5.76 Å². The maximum atomic E-state index is 12.8. The fourth-order valence-electron chi connectivity index (χ4n) is 3.63. The molecule has 1 atom stereocenters. The maximum absolute atomic E-state index is 12.8. The van der Waals surface area contributed by atoms with Gasteiger partial charge < -0.3 is 13.9 Å². The minimum absolute atomic E-state index is 0.0993. The van der Waals surface area contributed by atoms with Crippen LogP contribution in [0.1, 0.15) is 67.3 Å². The van der Waals surface area contributed by atoms with Gasteiger partial charge in [-0.2, -0.15) is 4.98 Å². The zero-order valence-corrected chi connectivity index (χ0v) is 15.0. The number of piperidine rings is 1. The van der Waals surface area contributed by atoms with Crippen LogP contribution >= 0.6 is 0 Å². The van der Waals surface area contributed by atoms with E-state index in [2.05, 4.69) is 22.2 Å². The highest BCUT2D eigenvalue weighted by atomic mass is 16.5. The molecule has 0 radical (unpaired) electrons. The van der Waals surface area contributed by atoms with Gasteiger partial charge in [0.2, 0.25) is 11.8 Å². The molecule has 0 aromatic carbocycles. The SMILES string of the molecule is Cc1noc(C)c1CC(=O)N1CCC[C@@](C)(c2nc(C3CC3)no2)C1. The van der Waals surface area contributed by atoms with Crippen LogP contribution in [0.2, 0.25) is 0 Å². The van der Waals surface area contributed by atoms with Crippen LogP contribution in [-0.4, -0.2) is 39.2 Å². The van der Waals surface area contributed by atoms with Crippen molar-refractivity contribution < 1.29 is 13.8 Å². The molecule has 2 aromatic rings. The van der Waals surface area contributed by atoms with E-state index in [4.69, 9.17) is 9.05 Å². The Morgan fingerprint density at radius 2 is 2.08 bits per heavy atom. The van der Waals surface area contributed by atoms with Gasteiger partial charge in [0.25, 0.3) is 0 Å². The van der Waals surface area contributed by atoms with Crippen LogP contribution in [0.25, 0.3) is 0 Å². The number of carbonyl (C=O) groups excluding carboxylic acids is 1. The lowest BCUT2D eigenvalue weighted by molar-refractivity contribution is -0.132. The molecule has 0 unspecified atom stereocenters. The molecular formula is C18H24N4O3. The average molecular weight is 344 g/mol. The molecule has 0 N–H and O–H groups in total. The van der Waals surface area contributed by atoms with Gasteiger partial charge in [-0.1, -0.05) is 10.3 Å². The summed E-state index contributed by atoms with van der Waals surface area (Å²) in [4.78, 5) is 19.3. The van der Waals surface area contributed by atoms with E-state index in [1.807, 2.05) is 18.7 Å². The van der Waals surface area contributed by atoms with Gasteiger partial charge in [-0.3, -0.25) is 4.79 Å². The number of amides is 1. The highest BCUT2D eigenvalue weighted by molar-refractivity contribution is 5.79. The molecule has 134 valence electrons. The van der Waals surface area contributed by atoms with Crippen molar-refractivity contribution >= 4 is 5.91 Å². The number of hydrogen-bond acceptors (Lipinski definition) is 6. The molecule has 2 aliphatic rings. The number of nitrogens with zero attached hydrogens (tertiary/aromatic N) is 4. The zero-order chi connectivity index (χ0) is 17.6. The summed E-state index contributed by atoms with van der Waals surface area (Å²) in [6.07, 6.45) is 4.52. The summed E-state index contributed by atoms with van der Waals surface area (Å²) >= 11 is 0. The Bertz CT molecular complexity index is 773. The minimum atomic E-state index is -0.271. The van der Waals surface area contributed by atoms with Gasteiger partial charge in [-0.15, -0.1) is 0 Å². The Balaban J connectivity index is 1.48. The smallest absolute Gasteiger partial charge is 0.234 e. The molecule has 1 saturated heterocycles. The Morgan fingerprint density at radius 1 is 1.28 bits per heavy atom. The largest absolute Gasteiger partial charge is 0.361 e. The number of aryl methyl sites for hydroxylation is 2. The molecule has 1 aliphatic heterocycles. The second kappa shape index (κ2) is 5.97. The fourth-order valence-corrected chi connectivity index (χ4v) is 3.63. The van der Waals surface area contributed by atoms with Crippen LogP contribution in [0, 0.1) is 13.8 Å². The molecular weight excluding hydrogens is 320 g/mol. The van der Waals surface area contributed by atoms with Crippen molar-refractivity contribution in [2.24, 2.45) is 0 Å². The lowest BCUT2D eigenvalue weighted by Gasteiger charge is -2.38. The Hall–Kier alpha value is -2.18. The number of aromatic nitrogens is 3. The standard InChI is InChI=1S/C18H24N4O3/c1-11-14(12(2)24-20-11)9-15(23)22-8-4-7-18(3,10-22)17-19-16(21-25-17)13-5-6-13/h13H,4-10H2,1-3H3/t18-/m1/s1. The van der Waals surface area contributed by atoms with Gasteiger partial charge in [0, 0.05) is 24.6 Å². The van der Waals surface area contributed by atoms with Crippen molar-refractivity contribution in [3.8, 4) is 0 Å². The summed E-state index contributed by atoms with van der Waals surface area (Å²) in [6, 6.07) is 0. The highest BCUT2D eigenvalue weighted by Crippen LogP contribution is 2.40. The summed E-state index contributed by atoms with van der Waals surface area (Å²) in [6.45, 7) is 7.22. The van der Waals surface area contributed by atoms with Gasteiger partial charge in [0.05, 0.1) is 17.5 Å². The first-order chi connectivity index (χ1) is 12.0. The predicted molar refractivity (Wildman–Crippen MR) is 89.1 cm³/mol. The Morgan fingerprint density at radius 3 is 2.76 bits per heavy atom. The van der Waals surface area contributed by atoms with E-state index < -0.39 is 0 Å². The highest BCUT2D eigenvalue weighted by Gasteiger charge is 2.40. The Kier molecular flexibility index (Phi) is 3.89. The fraction of sp³-hybridized carbons (Fsp3) is 0.667.